The van der Waals surface area contributed by atoms with Crippen LogP contribution in [0, 0.1) is 0 Å². The normalized spacial score (nSPS) is 11.0. The van der Waals surface area contributed by atoms with Crippen LogP contribution in [0.25, 0.3) is 15.2 Å². The van der Waals surface area contributed by atoms with Crippen LogP contribution >= 0.6 is 11.3 Å². The third-order valence-corrected chi connectivity index (χ3v) is 5.08. The molecular formula is C20H17N3O3S. The minimum Gasteiger partial charge on any atom is -0.494 e. The molecule has 0 unspecified atom stereocenters. The first-order valence-electron chi connectivity index (χ1n) is 8.61. The molecule has 27 heavy (non-hydrogen) atoms. The maximum absolute atomic E-state index is 12.9. The topological polar surface area (TPSA) is 72.7 Å². The van der Waals surface area contributed by atoms with Crippen molar-refractivity contribution in [1.82, 2.24) is 9.38 Å². The second-order valence-corrected chi connectivity index (χ2v) is 7.00. The summed E-state index contributed by atoms with van der Waals surface area (Å²) in [5.41, 5.74) is 1.06. The van der Waals surface area contributed by atoms with Gasteiger partial charge in [-0.25, -0.2) is 9.38 Å². The SMILES string of the molecule is CCCOc1ccc2c(c1)sc1ncc(NC(=O)c3ccccc3)c(=O)n12. The minimum absolute atomic E-state index is 0.146. The summed E-state index contributed by atoms with van der Waals surface area (Å²) in [5.74, 6) is 0.422. The number of ether oxygens (including phenoxy) is 1. The van der Waals surface area contributed by atoms with Crippen molar-refractivity contribution in [3.8, 4) is 5.75 Å². The monoisotopic (exact) mass is 379 g/mol. The molecular weight excluding hydrogens is 362 g/mol. The van der Waals surface area contributed by atoms with E-state index in [9.17, 15) is 9.59 Å². The quantitative estimate of drug-likeness (QED) is 0.570. The van der Waals surface area contributed by atoms with E-state index in [0.717, 1.165) is 22.4 Å². The summed E-state index contributed by atoms with van der Waals surface area (Å²) in [7, 11) is 0. The Morgan fingerprint density at radius 2 is 2.04 bits per heavy atom. The van der Waals surface area contributed by atoms with E-state index in [1.807, 2.05) is 31.2 Å². The zero-order chi connectivity index (χ0) is 18.8. The van der Waals surface area contributed by atoms with E-state index in [1.165, 1.54) is 21.9 Å². The number of hydrogen-bond acceptors (Lipinski definition) is 5. The van der Waals surface area contributed by atoms with Gasteiger partial charge in [0, 0.05) is 5.56 Å². The van der Waals surface area contributed by atoms with Gasteiger partial charge in [-0.15, -0.1) is 0 Å². The molecule has 4 rings (SSSR count). The largest absolute Gasteiger partial charge is 0.494 e. The molecule has 0 fully saturated rings. The van der Waals surface area contributed by atoms with Crippen LogP contribution in [0.15, 0.2) is 59.5 Å². The number of thiazole rings is 1. The van der Waals surface area contributed by atoms with E-state index in [0.29, 0.717) is 17.1 Å². The molecule has 0 aliphatic heterocycles. The van der Waals surface area contributed by atoms with Gasteiger partial charge in [-0.05, 0) is 36.8 Å². The average molecular weight is 379 g/mol. The molecule has 4 aromatic rings. The molecule has 1 N–H and O–H groups in total. The van der Waals surface area contributed by atoms with Crippen molar-refractivity contribution in [2.24, 2.45) is 0 Å². The number of nitrogens with zero attached hydrogens (tertiary/aromatic N) is 2. The van der Waals surface area contributed by atoms with Gasteiger partial charge in [0.25, 0.3) is 11.5 Å². The number of carbonyl (C=O) groups excluding carboxylic acids is 1. The summed E-state index contributed by atoms with van der Waals surface area (Å²) in [5, 5.41) is 2.66. The van der Waals surface area contributed by atoms with Crippen molar-refractivity contribution in [3.05, 3.63) is 70.6 Å². The molecule has 0 aliphatic rings. The number of aromatic nitrogens is 2. The Hall–Kier alpha value is -3.19. The zero-order valence-corrected chi connectivity index (χ0v) is 15.5. The van der Waals surface area contributed by atoms with Crippen LogP contribution in [0.5, 0.6) is 5.75 Å². The van der Waals surface area contributed by atoms with E-state index < -0.39 is 0 Å². The molecule has 0 saturated carbocycles. The average Bonchev–Trinajstić information content (AvgIpc) is 3.07. The number of amides is 1. The van der Waals surface area contributed by atoms with Gasteiger partial charge in [-0.1, -0.05) is 36.5 Å². The van der Waals surface area contributed by atoms with Crippen LogP contribution in [0.4, 0.5) is 5.69 Å². The van der Waals surface area contributed by atoms with E-state index in [-0.39, 0.29) is 17.2 Å². The van der Waals surface area contributed by atoms with Crippen molar-refractivity contribution in [2.45, 2.75) is 13.3 Å². The molecule has 2 aromatic carbocycles. The summed E-state index contributed by atoms with van der Waals surface area (Å²) in [6.45, 7) is 2.69. The van der Waals surface area contributed by atoms with Crippen LogP contribution in [0.3, 0.4) is 0 Å². The fourth-order valence-corrected chi connectivity index (χ4v) is 3.78. The van der Waals surface area contributed by atoms with Crippen molar-refractivity contribution < 1.29 is 9.53 Å². The van der Waals surface area contributed by atoms with E-state index in [4.69, 9.17) is 4.74 Å². The lowest BCUT2D eigenvalue weighted by Crippen LogP contribution is -2.22. The summed E-state index contributed by atoms with van der Waals surface area (Å²) in [6.07, 6.45) is 2.33. The van der Waals surface area contributed by atoms with Gasteiger partial charge >= 0.3 is 0 Å². The maximum Gasteiger partial charge on any atom is 0.282 e. The Kier molecular flexibility index (Phi) is 4.60. The van der Waals surface area contributed by atoms with Gasteiger partial charge in [0.2, 0.25) is 0 Å². The summed E-state index contributed by atoms with van der Waals surface area (Å²) in [4.78, 5) is 30.2. The predicted molar refractivity (Wildman–Crippen MR) is 107 cm³/mol. The number of fused-ring (bicyclic) bond motifs is 3. The van der Waals surface area contributed by atoms with Crippen LogP contribution in [0.2, 0.25) is 0 Å². The number of rotatable bonds is 5. The highest BCUT2D eigenvalue weighted by atomic mass is 32.1. The number of hydrogen-bond donors (Lipinski definition) is 1. The smallest absolute Gasteiger partial charge is 0.282 e. The lowest BCUT2D eigenvalue weighted by atomic mass is 10.2. The molecule has 0 radical (unpaired) electrons. The number of anilines is 1. The van der Waals surface area contributed by atoms with Crippen molar-refractivity contribution in [2.75, 3.05) is 11.9 Å². The molecule has 6 nitrogen and oxygen atoms in total. The Balaban J connectivity index is 1.73. The maximum atomic E-state index is 12.9. The highest BCUT2D eigenvalue weighted by Gasteiger charge is 2.14. The minimum atomic E-state index is -0.343. The third kappa shape index (κ3) is 3.29. The molecule has 1 amide bonds. The van der Waals surface area contributed by atoms with Crippen LogP contribution < -0.4 is 15.6 Å². The van der Waals surface area contributed by atoms with Gasteiger partial charge in [0.1, 0.15) is 11.4 Å². The van der Waals surface area contributed by atoms with Gasteiger partial charge in [-0.2, -0.15) is 0 Å². The lowest BCUT2D eigenvalue weighted by molar-refractivity contribution is 0.102. The number of nitrogens with one attached hydrogen (secondary N) is 1. The Bertz CT molecular complexity index is 1180. The van der Waals surface area contributed by atoms with Crippen LogP contribution in [-0.2, 0) is 0 Å². The summed E-state index contributed by atoms with van der Waals surface area (Å²) in [6, 6.07) is 14.3. The van der Waals surface area contributed by atoms with Gasteiger partial charge < -0.3 is 10.1 Å². The molecule has 2 aromatic heterocycles. The summed E-state index contributed by atoms with van der Waals surface area (Å²) >= 11 is 1.41. The van der Waals surface area contributed by atoms with E-state index in [2.05, 4.69) is 10.3 Å². The Labute approximate surface area is 159 Å². The zero-order valence-electron chi connectivity index (χ0n) is 14.6. The first kappa shape index (κ1) is 17.2. The fraction of sp³-hybridized carbons (Fsp3) is 0.150. The summed E-state index contributed by atoms with van der Waals surface area (Å²) < 4.78 is 8.08. The van der Waals surface area contributed by atoms with E-state index in [1.54, 1.807) is 24.3 Å². The Morgan fingerprint density at radius 3 is 2.81 bits per heavy atom. The van der Waals surface area contributed by atoms with Gasteiger partial charge in [0.05, 0.1) is 23.0 Å². The molecule has 0 bridgehead atoms. The molecule has 2 heterocycles. The van der Waals surface area contributed by atoms with Gasteiger partial charge in [0.15, 0.2) is 4.96 Å². The first-order valence-corrected chi connectivity index (χ1v) is 9.42. The van der Waals surface area contributed by atoms with Crippen LogP contribution in [0.1, 0.15) is 23.7 Å². The van der Waals surface area contributed by atoms with Crippen molar-refractivity contribution >= 4 is 38.1 Å². The first-order chi connectivity index (χ1) is 13.2. The predicted octanol–water partition coefficient (Wildman–Crippen LogP) is 3.95. The molecule has 0 aliphatic carbocycles. The Morgan fingerprint density at radius 1 is 1.22 bits per heavy atom. The molecule has 0 atom stereocenters. The third-order valence-electron chi connectivity index (χ3n) is 4.06. The molecule has 7 heteroatoms. The van der Waals surface area contributed by atoms with Crippen molar-refractivity contribution in [1.29, 1.82) is 0 Å². The molecule has 136 valence electrons. The van der Waals surface area contributed by atoms with Crippen molar-refractivity contribution in [3.63, 3.8) is 0 Å². The lowest BCUT2D eigenvalue weighted by Gasteiger charge is -2.05. The highest BCUT2D eigenvalue weighted by Crippen LogP contribution is 2.28. The standard InChI is InChI=1S/C20H17N3O3S/c1-2-10-26-14-8-9-16-17(11-14)27-20-21-12-15(19(25)23(16)20)22-18(24)13-6-4-3-5-7-13/h3-9,11-12H,2,10H2,1H3,(H,22,24). The fourth-order valence-electron chi connectivity index (χ4n) is 2.76. The van der Waals surface area contributed by atoms with Gasteiger partial charge in [-0.3, -0.25) is 9.59 Å². The highest BCUT2D eigenvalue weighted by molar-refractivity contribution is 7.23. The van der Waals surface area contributed by atoms with E-state index >= 15 is 0 Å². The number of benzene rings is 2. The van der Waals surface area contributed by atoms with Crippen LogP contribution in [-0.4, -0.2) is 21.9 Å². The second-order valence-electron chi connectivity index (χ2n) is 6.00. The molecule has 0 saturated heterocycles. The number of carbonyl (C=O) groups is 1. The second kappa shape index (κ2) is 7.20. The molecule has 0 spiro atoms.